The van der Waals surface area contributed by atoms with Crippen molar-refractivity contribution in [1.82, 2.24) is 14.5 Å². The number of hydrogen-bond donors (Lipinski definition) is 1. The minimum atomic E-state index is -0.670. The Labute approximate surface area is 397 Å². The van der Waals surface area contributed by atoms with Crippen LogP contribution in [0.4, 0.5) is 0 Å². The summed E-state index contributed by atoms with van der Waals surface area (Å²) in [6.45, 7) is 28.1. The van der Waals surface area contributed by atoms with Crippen LogP contribution < -0.4 is 0 Å². The Kier molecular flexibility index (Phi) is 12.3. The van der Waals surface area contributed by atoms with Gasteiger partial charge in [0.05, 0.1) is 22.3 Å². The molecular formula is C59H62N3OPt-. The Hall–Kier alpha value is -5.57. The molecule has 8 aromatic rings. The van der Waals surface area contributed by atoms with Gasteiger partial charge in [0.1, 0.15) is 11.6 Å². The molecule has 6 aromatic carbocycles. The van der Waals surface area contributed by atoms with E-state index in [1.54, 1.807) is 0 Å². The van der Waals surface area contributed by atoms with Gasteiger partial charge in [0.2, 0.25) is 0 Å². The van der Waals surface area contributed by atoms with Gasteiger partial charge in [-0.25, -0.2) is 4.98 Å². The number of aryl methyl sites for hydroxylation is 2. The Morgan fingerprint density at radius 1 is 0.609 bits per heavy atom. The number of aromatic hydroxyl groups is 1. The molecule has 0 atom stereocenters. The number of fused-ring (bicyclic) bond motifs is 1. The summed E-state index contributed by atoms with van der Waals surface area (Å²) in [6.07, 6.45) is 1.87. The molecule has 1 N–H and O–H groups in total. The SMILES string of the molecule is [2H]C(C)(C)c1ccc(-c2ccnc(-c3[c-]c(-c4cccc5c4nc(-c4cc(C)cc(C)c4O)n5-c4ccc(C(C)(C)C)cc4-c4ccc(C(C)(C)C)cc4)cc(C(C)(C)C)c3)c2)cc1.[Pt]. The second kappa shape index (κ2) is 17.4. The maximum absolute atomic E-state index is 11.9. The van der Waals surface area contributed by atoms with Crippen molar-refractivity contribution in [3.05, 3.63) is 167 Å². The molecular weight excluding hydrogens is 962 g/mol. The first kappa shape index (κ1) is 45.0. The second-order valence-electron chi connectivity index (χ2n) is 20.7. The standard InChI is InChI=1S/C59H62N3O.Pt/c1-36(2)39-17-19-40(20-18-39)42-27-28-60-51(34-42)44-31-43(32-47(33-44)59(11,12)13)48-15-14-16-53-54(48)61-56(50-30-37(3)29-38(4)55(50)63)62(53)52-26-25-46(58(8,9)10)35-49(52)41-21-23-45(24-22-41)57(5,6)7;/h14-30,32-36,63H,1-13H3;/q-1;/i36D;. The number of para-hydroxylation sites is 1. The molecule has 64 heavy (non-hydrogen) atoms. The van der Waals surface area contributed by atoms with Crippen LogP contribution in [0.3, 0.4) is 0 Å². The number of nitrogens with zero attached hydrogens (tertiary/aromatic N) is 3. The molecule has 8 rings (SSSR count). The summed E-state index contributed by atoms with van der Waals surface area (Å²) in [4.78, 5) is 10.5. The van der Waals surface area contributed by atoms with Crippen molar-refractivity contribution in [2.24, 2.45) is 0 Å². The fourth-order valence-corrected chi connectivity index (χ4v) is 8.49. The molecule has 0 spiro atoms. The van der Waals surface area contributed by atoms with Gasteiger partial charge < -0.3 is 5.11 Å². The summed E-state index contributed by atoms with van der Waals surface area (Å²) in [5, 5.41) is 11.9. The van der Waals surface area contributed by atoms with Crippen molar-refractivity contribution in [3.63, 3.8) is 0 Å². The van der Waals surface area contributed by atoms with Gasteiger partial charge in [-0.1, -0.05) is 166 Å². The summed E-state index contributed by atoms with van der Waals surface area (Å²) in [5.41, 5.74) is 17.6. The third-order valence-electron chi connectivity index (χ3n) is 12.4. The number of imidazole rings is 1. The zero-order valence-corrected chi connectivity index (χ0v) is 42.0. The first-order chi connectivity index (χ1) is 30.0. The van der Waals surface area contributed by atoms with E-state index in [1.807, 2.05) is 57.3 Å². The van der Waals surface area contributed by atoms with Crippen LogP contribution >= 0.6 is 0 Å². The Balaban J connectivity index is 0.00000630. The van der Waals surface area contributed by atoms with E-state index in [2.05, 4.69) is 171 Å². The van der Waals surface area contributed by atoms with Crippen LogP contribution in [0, 0.1) is 19.9 Å². The number of pyridine rings is 1. The molecule has 5 heteroatoms. The number of rotatable bonds is 7. The maximum atomic E-state index is 11.9. The smallest absolute Gasteiger partial charge is 0.148 e. The van der Waals surface area contributed by atoms with Crippen molar-refractivity contribution < 1.29 is 27.5 Å². The van der Waals surface area contributed by atoms with Crippen LogP contribution in [-0.2, 0) is 37.3 Å². The van der Waals surface area contributed by atoms with Gasteiger partial charge in [0, 0.05) is 39.9 Å². The van der Waals surface area contributed by atoms with Crippen molar-refractivity contribution in [3.8, 4) is 67.5 Å². The number of hydrogen-bond acceptors (Lipinski definition) is 3. The molecule has 4 nitrogen and oxygen atoms in total. The topological polar surface area (TPSA) is 50.9 Å². The second-order valence-corrected chi connectivity index (χ2v) is 20.7. The summed E-state index contributed by atoms with van der Waals surface area (Å²) in [7, 11) is 0. The number of phenols is 1. The van der Waals surface area contributed by atoms with Gasteiger partial charge in [-0.2, -0.15) is 0 Å². The molecule has 0 fully saturated rings. The first-order valence-corrected chi connectivity index (χ1v) is 22.2. The Morgan fingerprint density at radius 3 is 1.88 bits per heavy atom. The summed E-state index contributed by atoms with van der Waals surface area (Å²) >= 11 is 0. The minimum Gasteiger partial charge on any atom is -0.507 e. The zero-order chi connectivity index (χ0) is 46.1. The molecule has 0 amide bonds. The van der Waals surface area contributed by atoms with E-state index >= 15 is 0 Å². The van der Waals surface area contributed by atoms with Crippen LogP contribution in [0.25, 0.3) is 72.7 Å². The summed E-state index contributed by atoms with van der Waals surface area (Å²) in [6, 6.07) is 47.0. The van der Waals surface area contributed by atoms with Gasteiger partial charge in [0.25, 0.3) is 0 Å². The largest absolute Gasteiger partial charge is 0.507 e. The zero-order valence-electron chi connectivity index (χ0n) is 40.7. The molecule has 0 saturated heterocycles. The van der Waals surface area contributed by atoms with Gasteiger partial charge >= 0.3 is 0 Å². The molecule has 0 aliphatic carbocycles. The van der Waals surface area contributed by atoms with Gasteiger partial charge in [0.15, 0.2) is 0 Å². The van der Waals surface area contributed by atoms with Crippen LogP contribution in [0.1, 0.15) is 117 Å². The third kappa shape index (κ3) is 9.18. The normalized spacial score (nSPS) is 12.6. The summed E-state index contributed by atoms with van der Waals surface area (Å²) < 4.78 is 10.7. The average Bonchev–Trinajstić information content (AvgIpc) is 3.63. The van der Waals surface area contributed by atoms with E-state index in [0.717, 1.165) is 83.6 Å². The van der Waals surface area contributed by atoms with Crippen LogP contribution in [-0.4, -0.2) is 19.6 Å². The molecule has 2 heterocycles. The van der Waals surface area contributed by atoms with Crippen LogP contribution in [0.15, 0.2) is 128 Å². The van der Waals surface area contributed by atoms with Gasteiger partial charge in [-0.3, -0.25) is 9.55 Å². The minimum absolute atomic E-state index is 0. The van der Waals surface area contributed by atoms with Crippen molar-refractivity contribution in [2.45, 2.75) is 112 Å². The molecule has 2 aromatic heterocycles. The van der Waals surface area contributed by atoms with E-state index in [1.165, 1.54) is 11.1 Å². The number of aromatic nitrogens is 3. The van der Waals surface area contributed by atoms with E-state index in [9.17, 15) is 5.11 Å². The predicted molar refractivity (Wildman–Crippen MR) is 266 cm³/mol. The van der Waals surface area contributed by atoms with Crippen molar-refractivity contribution >= 4 is 11.0 Å². The first-order valence-electron chi connectivity index (χ1n) is 22.7. The van der Waals surface area contributed by atoms with Crippen LogP contribution in [0.5, 0.6) is 5.75 Å². The maximum Gasteiger partial charge on any atom is 0.148 e. The monoisotopic (exact) mass is 1020 g/mol. The fraction of sp³-hybridized carbons (Fsp3) is 0.288. The molecule has 0 aliphatic rings. The van der Waals surface area contributed by atoms with Gasteiger partial charge in [-0.05, 0) is 111 Å². The Morgan fingerprint density at radius 2 is 1.23 bits per heavy atom. The number of benzene rings is 6. The molecule has 330 valence electrons. The Bertz CT molecular complexity index is 3040. The molecule has 0 bridgehead atoms. The van der Waals surface area contributed by atoms with Gasteiger partial charge in [-0.15, -0.1) is 29.3 Å². The van der Waals surface area contributed by atoms with Crippen molar-refractivity contribution in [1.29, 1.82) is 0 Å². The average molecular weight is 1030 g/mol. The van der Waals surface area contributed by atoms with E-state index in [0.29, 0.717) is 11.4 Å². The van der Waals surface area contributed by atoms with E-state index in [4.69, 9.17) is 11.3 Å². The molecule has 0 saturated carbocycles. The molecule has 0 unspecified atom stereocenters. The molecule has 0 radical (unpaired) electrons. The van der Waals surface area contributed by atoms with Crippen molar-refractivity contribution in [2.75, 3.05) is 0 Å². The molecule has 0 aliphatic heterocycles. The van der Waals surface area contributed by atoms with E-state index < -0.39 is 5.89 Å². The summed E-state index contributed by atoms with van der Waals surface area (Å²) in [5.74, 6) is 0.222. The third-order valence-corrected chi connectivity index (χ3v) is 12.4. The fourth-order valence-electron chi connectivity index (χ4n) is 8.49. The van der Waals surface area contributed by atoms with Crippen LogP contribution in [0.2, 0.25) is 0 Å². The van der Waals surface area contributed by atoms with E-state index in [-0.39, 0.29) is 43.1 Å². The number of phenolic OH excluding ortho intramolecular Hbond substituents is 1. The quantitative estimate of drug-likeness (QED) is 0.162. The predicted octanol–water partition coefficient (Wildman–Crippen LogP) is 15.9.